The number of carbonyl (C=O) groups is 2. The number of Topliss-reactive ketones (excluding diaryl/α,β-unsaturated/α-hetero) is 1. The molecule has 0 spiro atoms. The van der Waals surface area contributed by atoms with Gasteiger partial charge in [0.1, 0.15) is 11.5 Å². The molecule has 0 aromatic heterocycles. The Morgan fingerprint density at radius 2 is 1.35 bits per heavy atom. The van der Waals surface area contributed by atoms with Crippen molar-refractivity contribution in [3.63, 3.8) is 0 Å². The van der Waals surface area contributed by atoms with Crippen LogP contribution in [0.15, 0.2) is 59.9 Å². The van der Waals surface area contributed by atoms with E-state index >= 15 is 0 Å². The average Bonchev–Trinajstić information content (AvgIpc) is 2.76. The van der Waals surface area contributed by atoms with Crippen LogP contribution >= 0.6 is 0 Å². The van der Waals surface area contributed by atoms with Crippen LogP contribution in [0.3, 0.4) is 0 Å². The lowest BCUT2D eigenvalue weighted by Crippen LogP contribution is -2.43. The normalized spacial score (nSPS) is 19.6. The van der Waals surface area contributed by atoms with Gasteiger partial charge < -0.3 is 25.2 Å². The molecule has 0 saturated heterocycles. The summed E-state index contributed by atoms with van der Waals surface area (Å²) in [6.07, 6.45) is -1.74. The molecule has 4 N–H and O–H groups in total. The highest BCUT2D eigenvalue weighted by Gasteiger charge is 2.45. The number of ketones is 1. The van der Waals surface area contributed by atoms with Gasteiger partial charge in [0.15, 0.2) is 11.9 Å². The van der Waals surface area contributed by atoms with Crippen LogP contribution in [0.25, 0.3) is 0 Å². The van der Waals surface area contributed by atoms with Crippen molar-refractivity contribution in [1.29, 1.82) is 0 Å². The quantitative estimate of drug-likeness (QED) is 0.498. The Labute approximate surface area is 180 Å². The maximum Gasteiger partial charge on any atom is 0.339 e. The van der Waals surface area contributed by atoms with E-state index in [9.17, 15) is 30.0 Å². The number of aliphatic hydroxyl groups is 2. The van der Waals surface area contributed by atoms with Crippen LogP contribution in [-0.4, -0.2) is 38.3 Å². The molecule has 2 unspecified atom stereocenters. The predicted octanol–water partition coefficient (Wildman–Crippen LogP) is 3.66. The van der Waals surface area contributed by atoms with Crippen LogP contribution in [0, 0.1) is 5.92 Å². The van der Waals surface area contributed by atoms with Gasteiger partial charge in [0.05, 0.1) is 11.7 Å². The van der Waals surface area contributed by atoms with Crippen LogP contribution in [0.1, 0.15) is 49.8 Å². The molecule has 1 aliphatic rings. The summed E-state index contributed by atoms with van der Waals surface area (Å²) in [7, 11) is 0. The first-order valence-electron chi connectivity index (χ1n) is 10.2. The molecule has 7 heteroatoms. The molecule has 0 aliphatic carbocycles. The lowest BCUT2D eigenvalue weighted by molar-refractivity contribution is -0.161. The third kappa shape index (κ3) is 4.41. The summed E-state index contributed by atoms with van der Waals surface area (Å²) >= 11 is 0. The second-order valence-electron chi connectivity index (χ2n) is 7.61. The number of benzene rings is 2. The molecular weight excluding hydrogens is 400 g/mol. The van der Waals surface area contributed by atoms with Gasteiger partial charge in [-0.25, -0.2) is 4.79 Å². The van der Waals surface area contributed by atoms with Crippen LogP contribution in [0.4, 0.5) is 0 Å². The number of hydrogen-bond acceptors (Lipinski definition) is 7. The number of aliphatic hydroxyl groups excluding tert-OH is 2. The minimum absolute atomic E-state index is 0.0363. The molecule has 0 bridgehead atoms. The van der Waals surface area contributed by atoms with Crippen molar-refractivity contribution >= 4 is 11.8 Å². The second kappa shape index (κ2) is 9.22. The highest BCUT2D eigenvalue weighted by molar-refractivity contribution is 6.09. The molecule has 0 amide bonds. The highest BCUT2D eigenvalue weighted by Crippen LogP contribution is 2.38. The van der Waals surface area contributed by atoms with Gasteiger partial charge in [-0.2, -0.15) is 0 Å². The number of esters is 1. The number of rotatable bonds is 7. The van der Waals surface area contributed by atoms with E-state index in [0.29, 0.717) is 24.0 Å². The summed E-state index contributed by atoms with van der Waals surface area (Å²) in [6.45, 7) is 3.56. The van der Waals surface area contributed by atoms with E-state index in [4.69, 9.17) is 4.74 Å². The Morgan fingerprint density at radius 3 is 1.84 bits per heavy atom. The van der Waals surface area contributed by atoms with E-state index in [1.54, 1.807) is 19.1 Å². The Hall–Kier alpha value is -3.32. The summed E-state index contributed by atoms with van der Waals surface area (Å²) in [5.74, 6) is -3.48. The Bertz CT molecular complexity index is 976. The largest absolute Gasteiger partial charge is 0.508 e. The van der Waals surface area contributed by atoms with E-state index in [-0.39, 0.29) is 17.1 Å². The SMILES string of the molecule is CCC(C1=C(O)C(=O)[C@@H](C(CC)[C@@H](O)c2ccc(O)cc2)OC1=O)c1ccc(O)cc1. The number of ether oxygens (including phenoxy) is 1. The van der Waals surface area contributed by atoms with Gasteiger partial charge in [-0.05, 0) is 48.2 Å². The Balaban J connectivity index is 1.93. The predicted molar refractivity (Wildman–Crippen MR) is 113 cm³/mol. The van der Waals surface area contributed by atoms with E-state index in [1.807, 2.05) is 6.92 Å². The number of cyclic esters (lactones) is 1. The standard InChI is InChI=1S/C24H26O7/c1-3-17(13-5-9-15(25)10-6-13)19-21(28)22(29)23(31-24(19)30)18(4-2)20(27)14-7-11-16(26)12-8-14/h5-12,17-18,20,23,25-28H,3-4H2,1-2H3/t17?,18?,20-,23+/m0/s1. The van der Waals surface area contributed by atoms with Crippen molar-refractivity contribution in [3.8, 4) is 11.5 Å². The summed E-state index contributed by atoms with van der Waals surface area (Å²) in [5.41, 5.74) is 0.989. The number of hydrogen-bond donors (Lipinski definition) is 4. The summed E-state index contributed by atoms with van der Waals surface area (Å²) < 4.78 is 5.46. The van der Waals surface area contributed by atoms with Crippen LogP contribution in [0.5, 0.6) is 11.5 Å². The topological polar surface area (TPSA) is 124 Å². The fraction of sp³-hybridized carbons (Fsp3) is 0.333. The van der Waals surface area contributed by atoms with Gasteiger partial charge in [0, 0.05) is 11.8 Å². The molecule has 1 heterocycles. The molecule has 2 aromatic carbocycles. The van der Waals surface area contributed by atoms with Crippen molar-refractivity contribution < 1.29 is 34.8 Å². The lowest BCUT2D eigenvalue weighted by Gasteiger charge is -2.33. The fourth-order valence-electron chi connectivity index (χ4n) is 4.02. The summed E-state index contributed by atoms with van der Waals surface area (Å²) in [4.78, 5) is 25.9. The van der Waals surface area contributed by atoms with Crippen molar-refractivity contribution in [2.24, 2.45) is 5.92 Å². The van der Waals surface area contributed by atoms with Gasteiger partial charge in [0.2, 0.25) is 5.78 Å². The van der Waals surface area contributed by atoms with E-state index in [1.165, 1.54) is 36.4 Å². The third-order valence-electron chi connectivity index (χ3n) is 5.75. The van der Waals surface area contributed by atoms with Gasteiger partial charge in [-0.3, -0.25) is 4.79 Å². The first kappa shape index (κ1) is 22.4. The third-order valence-corrected chi connectivity index (χ3v) is 5.75. The average molecular weight is 426 g/mol. The zero-order valence-corrected chi connectivity index (χ0v) is 17.4. The molecule has 0 radical (unpaired) electrons. The maximum absolute atomic E-state index is 13.0. The first-order chi connectivity index (χ1) is 14.8. The highest BCUT2D eigenvalue weighted by atomic mass is 16.6. The number of phenols is 2. The second-order valence-corrected chi connectivity index (χ2v) is 7.61. The van der Waals surface area contributed by atoms with Gasteiger partial charge in [0.25, 0.3) is 0 Å². The number of phenolic OH excluding ortho intramolecular Hbond substituents is 2. The summed E-state index contributed by atoms with van der Waals surface area (Å²) in [6, 6.07) is 12.1. The Morgan fingerprint density at radius 1 is 0.839 bits per heavy atom. The molecule has 7 nitrogen and oxygen atoms in total. The van der Waals surface area contributed by atoms with E-state index in [2.05, 4.69) is 0 Å². The van der Waals surface area contributed by atoms with Crippen LogP contribution in [-0.2, 0) is 14.3 Å². The molecule has 1 aliphatic heterocycles. The number of aromatic hydroxyl groups is 2. The molecule has 0 fully saturated rings. The zero-order valence-electron chi connectivity index (χ0n) is 17.4. The van der Waals surface area contributed by atoms with Crippen molar-refractivity contribution in [3.05, 3.63) is 71.0 Å². The number of carbonyl (C=O) groups excluding carboxylic acids is 2. The molecule has 4 atom stereocenters. The summed E-state index contributed by atoms with van der Waals surface area (Å²) in [5, 5.41) is 40.4. The van der Waals surface area contributed by atoms with Crippen molar-refractivity contribution in [1.82, 2.24) is 0 Å². The molecular formula is C24H26O7. The maximum atomic E-state index is 13.0. The monoisotopic (exact) mass is 426 g/mol. The van der Waals surface area contributed by atoms with Crippen molar-refractivity contribution in [2.75, 3.05) is 0 Å². The van der Waals surface area contributed by atoms with Crippen LogP contribution < -0.4 is 0 Å². The van der Waals surface area contributed by atoms with Crippen LogP contribution in [0.2, 0.25) is 0 Å². The molecule has 31 heavy (non-hydrogen) atoms. The molecule has 2 aromatic rings. The molecule has 3 rings (SSSR count). The fourth-order valence-corrected chi connectivity index (χ4v) is 4.02. The molecule has 0 saturated carbocycles. The molecule has 164 valence electrons. The van der Waals surface area contributed by atoms with Gasteiger partial charge >= 0.3 is 5.97 Å². The minimum atomic E-state index is -1.33. The lowest BCUT2D eigenvalue weighted by atomic mass is 9.81. The van der Waals surface area contributed by atoms with Gasteiger partial charge in [-0.1, -0.05) is 38.1 Å². The van der Waals surface area contributed by atoms with Crippen molar-refractivity contribution in [2.45, 2.75) is 44.8 Å². The van der Waals surface area contributed by atoms with E-state index in [0.717, 1.165) is 0 Å². The minimum Gasteiger partial charge on any atom is -0.508 e. The van der Waals surface area contributed by atoms with Gasteiger partial charge in [-0.15, -0.1) is 0 Å². The Kier molecular flexibility index (Phi) is 6.65. The zero-order chi connectivity index (χ0) is 22.7. The smallest absolute Gasteiger partial charge is 0.339 e. The first-order valence-corrected chi connectivity index (χ1v) is 10.2. The van der Waals surface area contributed by atoms with E-state index < -0.39 is 41.6 Å².